The first-order valence-corrected chi connectivity index (χ1v) is 11.3. The Morgan fingerprint density at radius 1 is 1.16 bits per heavy atom. The number of amides is 1. The van der Waals surface area contributed by atoms with Crippen molar-refractivity contribution < 1.29 is 9.90 Å². The summed E-state index contributed by atoms with van der Waals surface area (Å²) in [7, 11) is 0. The van der Waals surface area contributed by atoms with E-state index < -0.39 is 0 Å². The average molecular weight is 450 g/mol. The molecule has 0 saturated heterocycles. The third-order valence-corrected chi connectivity index (χ3v) is 6.05. The number of aromatic hydroxyl groups is 1. The van der Waals surface area contributed by atoms with Gasteiger partial charge >= 0.3 is 0 Å². The van der Waals surface area contributed by atoms with Crippen LogP contribution in [0.1, 0.15) is 0 Å². The molecule has 0 bridgehead atoms. The van der Waals surface area contributed by atoms with Crippen molar-refractivity contribution in [1.29, 1.82) is 0 Å². The van der Waals surface area contributed by atoms with E-state index in [0.29, 0.717) is 28.2 Å². The van der Waals surface area contributed by atoms with Gasteiger partial charge in [-0.3, -0.25) is 9.36 Å². The minimum atomic E-state index is -0.184. The first-order valence-electron chi connectivity index (χ1n) is 9.41. The van der Waals surface area contributed by atoms with Crippen LogP contribution in [0.3, 0.4) is 0 Å². The van der Waals surface area contributed by atoms with Gasteiger partial charge in [0, 0.05) is 17.5 Å². The number of phenols is 1. The van der Waals surface area contributed by atoms with E-state index in [2.05, 4.69) is 27.1 Å². The summed E-state index contributed by atoms with van der Waals surface area (Å²) >= 11 is 2.65. The van der Waals surface area contributed by atoms with Crippen molar-refractivity contribution >= 4 is 34.1 Å². The van der Waals surface area contributed by atoms with Crippen LogP contribution in [-0.4, -0.2) is 36.5 Å². The SMILES string of the molecule is C=CCn1c(SCC(=O)Nc2nc(-c3ccccc3)cs2)nnc1-c1ccccc1O. The molecule has 0 radical (unpaired) electrons. The Balaban J connectivity index is 1.43. The van der Waals surface area contributed by atoms with Gasteiger partial charge in [0.2, 0.25) is 5.91 Å². The summed E-state index contributed by atoms with van der Waals surface area (Å²) in [5.74, 6) is 0.605. The molecule has 0 fully saturated rings. The zero-order valence-electron chi connectivity index (χ0n) is 16.4. The van der Waals surface area contributed by atoms with E-state index in [1.165, 1.54) is 23.1 Å². The number of anilines is 1. The highest BCUT2D eigenvalue weighted by atomic mass is 32.2. The van der Waals surface area contributed by atoms with Crippen LogP contribution in [0.15, 0.2) is 77.8 Å². The van der Waals surface area contributed by atoms with Crippen molar-refractivity contribution in [3.8, 4) is 28.4 Å². The van der Waals surface area contributed by atoms with Crippen LogP contribution in [0, 0.1) is 0 Å². The van der Waals surface area contributed by atoms with Crippen LogP contribution in [0.25, 0.3) is 22.6 Å². The number of allylic oxidation sites excluding steroid dienone is 1. The fraction of sp³-hybridized carbons (Fsp3) is 0.0909. The number of nitrogens with one attached hydrogen (secondary N) is 1. The maximum atomic E-state index is 12.4. The lowest BCUT2D eigenvalue weighted by Crippen LogP contribution is -2.14. The zero-order chi connectivity index (χ0) is 21.6. The van der Waals surface area contributed by atoms with Gasteiger partial charge < -0.3 is 10.4 Å². The molecule has 0 aliphatic rings. The maximum absolute atomic E-state index is 12.4. The highest BCUT2D eigenvalue weighted by Crippen LogP contribution is 2.30. The van der Waals surface area contributed by atoms with Gasteiger partial charge in [0.25, 0.3) is 0 Å². The molecular weight excluding hydrogens is 430 g/mol. The smallest absolute Gasteiger partial charge is 0.236 e. The molecule has 2 aromatic heterocycles. The fourth-order valence-corrected chi connectivity index (χ4v) is 4.39. The number of benzene rings is 2. The molecule has 31 heavy (non-hydrogen) atoms. The number of carbonyl (C=O) groups is 1. The zero-order valence-corrected chi connectivity index (χ0v) is 18.1. The summed E-state index contributed by atoms with van der Waals surface area (Å²) < 4.78 is 1.82. The molecule has 9 heteroatoms. The molecule has 0 aliphatic carbocycles. The number of carbonyl (C=O) groups excluding carboxylic acids is 1. The van der Waals surface area contributed by atoms with Crippen molar-refractivity contribution in [3.05, 3.63) is 72.6 Å². The molecule has 7 nitrogen and oxygen atoms in total. The second kappa shape index (κ2) is 9.59. The Bertz CT molecular complexity index is 1200. The van der Waals surface area contributed by atoms with Gasteiger partial charge in [0.05, 0.1) is 17.0 Å². The Labute approximate surface area is 187 Å². The minimum Gasteiger partial charge on any atom is -0.507 e. The molecule has 2 heterocycles. The van der Waals surface area contributed by atoms with E-state index in [4.69, 9.17) is 0 Å². The third-order valence-electron chi connectivity index (χ3n) is 4.33. The van der Waals surface area contributed by atoms with Gasteiger partial charge in [-0.15, -0.1) is 28.1 Å². The van der Waals surface area contributed by atoms with Crippen LogP contribution in [0.2, 0.25) is 0 Å². The molecule has 4 aromatic rings. The van der Waals surface area contributed by atoms with E-state index in [-0.39, 0.29) is 17.4 Å². The van der Waals surface area contributed by atoms with Crippen LogP contribution < -0.4 is 5.32 Å². The highest BCUT2D eigenvalue weighted by Gasteiger charge is 2.17. The predicted molar refractivity (Wildman–Crippen MR) is 124 cm³/mol. The summed E-state index contributed by atoms with van der Waals surface area (Å²) in [5.41, 5.74) is 2.40. The second-order valence-electron chi connectivity index (χ2n) is 6.46. The van der Waals surface area contributed by atoms with E-state index in [1.807, 2.05) is 46.3 Å². The summed E-state index contributed by atoms with van der Waals surface area (Å²) in [6.07, 6.45) is 1.72. The molecular formula is C22H19N5O2S2. The maximum Gasteiger partial charge on any atom is 0.236 e. The summed E-state index contributed by atoms with van der Waals surface area (Å²) in [4.78, 5) is 16.9. The number of hydrogen-bond donors (Lipinski definition) is 2. The number of hydrogen-bond acceptors (Lipinski definition) is 7. The van der Waals surface area contributed by atoms with E-state index in [9.17, 15) is 9.90 Å². The molecule has 0 aliphatic heterocycles. The molecule has 0 unspecified atom stereocenters. The topological polar surface area (TPSA) is 92.9 Å². The molecule has 2 aromatic carbocycles. The van der Waals surface area contributed by atoms with Gasteiger partial charge in [-0.05, 0) is 12.1 Å². The molecule has 4 rings (SSSR count). The minimum absolute atomic E-state index is 0.118. The molecule has 156 valence electrons. The van der Waals surface area contributed by atoms with Crippen molar-refractivity contribution in [2.45, 2.75) is 11.7 Å². The normalized spacial score (nSPS) is 10.7. The lowest BCUT2D eigenvalue weighted by Gasteiger charge is -2.08. The van der Waals surface area contributed by atoms with Gasteiger partial charge in [0.15, 0.2) is 16.1 Å². The van der Waals surface area contributed by atoms with E-state index >= 15 is 0 Å². The number of rotatable bonds is 8. The number of phenolic OH excluding ortho intramolecular Hbond substituents is 1. The monoisotopic (exact) mass is 449 g/mol. The number of nitrogens with zero attached hydrogens (tertiary/aromatic N) is 4. The number of thiazole rings is 1. The van der Waals surface area contributed by atoms with Crippen molar-refractivity contribution in [3.63, 3.8) is 0 Å². The van der Waals surface area contributed by atoms with E-state index in [1.54, 1.807) is 24.3 Å². The van der Waals surface area contributed by atoms with Crippen molar-refractivity contribution in [1.82, 2.24) is 19.7 Å². The first kappa shape index (κ1) is 20.8. The van der Waals surface area contributed by atoms with Crippen LogP contribution >= 0.6 is 23.1 Å². The largest absolute Gasteiger partial charge is 0.507 e. The number of aromatic nitrogens is 4. The van der Waals surface area contributed by atoms with Crippen LogP contribution in [0.5, 0.6) is 5.75 Å². The van der Waals surface area contributed by atoms with Crippen molar-refractivity contribution in [2.75, 3.05) is 11.1 Å². The average Bonchev–Trinajstić information content (AvgIpc) is 3.41. The lowest BCUT2D eigenvalue weighted by atomic mass is 10.2. The van der Waals surface area contributed by atoms with Gasteiger partial charge in [-0.2, -0.15) is 0 Å². The van der Waals surface area contributed by atoms with Gasteiger partial charge in [-0.1, -0.05) is 60.3 Å². The van der Waals surface area contributed by atoms with Gasteiger partial charge in [-0.25, -0.2) is 4.98 Å². The Morgan fingerprint density at radius 2 is 1.94 bits per heavy atom. The number of thioether (sulfide) groups is 1. The van der Waals surface area contributed by atoms with E-state index in [0.717, 1.165) is 11.3 Å². The van der Waals surface area contributed by atoms with Gasteiger partial charge in [0.1, 0.15) is 5.75 Å². The summed E-state index contributed by atoms with van der Waals surface area (Å²) in [6, 6.07) is 16.7. The Morgan fingerprint density at radius 3 is 2.71 bits per heavy atom. The molecule has 1 amide bonds. The summed E-state index contributed by atoms with van der Waals surface area (Å²) in [6.45, 7) is 4.23. The summed E-state index contributed by atoms with van der Waals surface area (Å²) in [5, 5.41) is 24.4. The number of para-hydroxylation sites is 1. The molecule has 2 N–H and O–H groups in total. The highest BCUT2D eigenvalue weighted by molar-refractivity contribution is 7.99. The van der Waals surface area contributed by atoms with Crippen LogP contribution in [-0.2, 0) is 11.3 Å². The fourth-order valence-electron chi connectivity index (χ4n) is 2.91. The standard InChI is InChI=1S/C22H19N5O2S2/c1-2-12-27-20(16-10-6-7-11-18(16)28)25-26-22(27)31-14-19(29)24-21-23-17(13-30-21)15-8-4-3-5-9-15/h2-11,13,28H,1,12,14H2,(H,23,24,29). The second-order valence-corrected chi connectivity index (χ2v) is 8.26. The first-order chi connectivity index (χ1) is 15.2. The Hall–Kier alpha value is -3.43. The molecule has 0 saturated carbocycles. The predicted octanol–water partition coefficient (Wildman–Crippen LogP) is 4.69. The Kier molecular flexibility index (Phi) is 6.44. The van der Waals surface area contributed by atoms with Crippen LogP contribution in [0.4, 0.5) is 5.13 Å². The third kappa shape index (κ3) is 4.84. The molecule has 0 atom stereocenters. The van der Waals surface area contributed by atoms with Crippen molar-refractivity contribution in [2.24, 2.45) is 0 Å². The molecule has 0 spiro atoms. The lowest BCUT2D eigenvalue weighted by molar-refractivity contribution is -0.113. The quantitative estimate of drug-likeness (QED) is 0.299.